The van der Waals surface area contributed by atoms with Crippen molar-refractivity contribution in [3.8, 4) is 0 Å². The van der Waals surface area contributed by atoms with E-state index in [1.807, 2.05) is 18.7 Å². The highest BCUT2D eigenvalue weighted by Gasteiger charge is 2.04. The first kappa shape index (κ1) is 16.2. The molecular formula is C14H26N4S. The van der Waals surface area contributed by atoms with Gasteiger partial charge in [-0.1, -0.05) is 20.8 Å². The fourth-order valence-corrected chi connectivity index (χ4v) is 2.73. The normalized spacial score (nSPS) is 11.0. The molecule has 4 nitrogen and oxygen atoms in total. The monoisotopic (exact) mass is 282 g/mol. The Bertz CT molecular complexity index is 366. The summed E-state index contributed by atoms with van der Waals surface area (Å²) in [5.74, 6) is 2.86. The summed E-state index contributed by atoms with van der Waals surface area (Å²) in [4.78, 5) is 11.3. The van der Waals surface area contributed by atoms with Crippen molar-refractivity contribution >= 4 is 17.6 Å². The van der Waals surface area contributed by atoms with Crippen molar-refractivity contribution in [2.75, 3.05) is 37.2 Å². The van der Waals surface area contributed by atoms with Gasteiger partial charge in [0.15, 0.2) is 0 Å². The zero-order valence-corrected chi connectivity index (χ0v) is 13.4. The van der Waals surface area contributed by atoms with Gasteiger partial charge in [-0.05, 0) is 26.4 Å². The van der Waals surface area contributed by atoms with Gasteiger partial charge in [0.1, 0.15) is 16.7 Å². The molecule has 0 unspecified atom stereocenters. The molecule has 0 aliphatic carbocycles. The summed E-state index contributed by atoms with van der Waals surface area (Å²) in [7, 11) is 0. The third kappa shape index (κ3) is 6.25. The van der Waals surface area contributed by atoms with Crippen molar-refractivity contribution < 1.29 is 0 Å². The second-order valence-electron chi connectivity index (χ2n) is 4.44. The lowest BCUT2D eigenvalue weighted by atomic mass is 10.4. The Morgan fingerprint density at radius 2 is 1.95 bits per heavy atom. The molecule has 0 spiro atoms. The summed E-state index contributed by atoms with van der Waals surface area (Å²) in [6.07, 6.45) is 1.10. The van der Waals surface area contributed by atoms with Crippen LogP contribution in [0, 0.1) is 6.92 Å². The number of thioether (sulfide) groups is 1. The fourth-order valence-electron chi connectivity index (χ4n) is 1.78. The van der Waals surface area contributed by atoms with Crippen LogP contribution < -0.4 is 5.32 Å². The molecule has 0 aliphatic heterocycles. The molecule has 0 saturated carbocycles. The molecule has 0 radical (unpaired) electrons. The van der Waals surface area contributed by atoms with Crippen LogP contribution in [0.2, 0.25) is 0 Å². The fraction of sp³-hybridized carbons (Fsp3) is 0.714. The van der Waals surface area contributed by atoms with Crippen LogP contribution in [0.25, 0.3) is 0 Å². The first-order valence-corrected chi connectivity index (χ1v) is 8.12. The zero-order chi connectivity index (χ0) is 14.1. The Morgan fingerprint density at radius 3 is 2.58 bits per heavy atom. The van der Waals surface area contributed by atoms with E-state index in [-0.39, 0.29) is 0 Å². The van der Waals surface area contributed by atoms with E-state index in [4.69, 9.17) is 0 Å². The molecule has 1 aromatic heterocycles. The van der Waals surface area contributed by atoms with Crippen LogP contribution in [-0.4, -0.2) is 46.8 Å². The maximum Gasteiger partial charge on any atom is 0.130 e. The molecule has 0 atom stereocenters. The van der Waals surface area contributed by atoms with Crippen LogP contribution in [0.4, 0.5) is 5.82 Å². The first-order chi connectivity index (χ1) is 9.19. The maximum absolute atomic E-state index is 4.48. The van der Waals surface area contributed by atoms with Crippen LogP contribution in [-0.2, 0) is 0 Å². The van der Waals surface area contributed by atoms with Gasteiger partial charge in [0.25, 0.3) is 0 Å². The molecule has 0 bridgehead atoms. The minimum atomic E-state index is 0.839. The molecule has 0 saturated heterocycles. The SMILES string of the molecule is CCCNc1cc(SCCN(CC)CC)nc(C)n1. The lowest BCUT2D eigenvalue weighted by Crippen LogP contribution is -2.25. The molecule has 1 N–H and O–H groups in total. The number of hydrogen-bond donors (Lipinski definition) is 1. The molecule has 0 aliphatic rings. The van der Waals surface area contributed by atoms with Crippen molar-refractivity contribution in [2.24, 2.45) is 0 Å². The van der Waals surface area contributed by atoms with E-state index >= 15 is 0 Å². The third-order valence-electron chi connectivity index (χ3n) is 2.92. The molecule has 1 heterocycles. The molecule has 108 valence electrons. The highest BCUT2D eigenvalue weighted by Crippen LogP contribution is 2.18. The summed E-state index contributed by atoms with van der Waals surface area (Å²) >= 11 is 1.81. The number of aryl methyl sites for hydroxylation is 1. The van der Waals surface area contributed by atoms with Crippen molar-refractivity contribution in [2.45, 2.75) is 39.1 Å². The Balaban J connectivity index is 2.50. The van der Waals surface area contributed by atoms with Gasteiger partial charge in [-0.2, -0.15) is 0 Å². The quantitative estimate of drug-likeness (QED) is 0.557. The first-order valence-electron chi connectivity index (χ1n) is 7.14. The minimum absolute atomic E-state index is 0.839. The van der Waals surface area contributed by atoms with Gasteiger partial charge in [0, 0.05) is 24.9 Å². The van der Waals surface area contributed by atoms with Crippen LogP contribution in [0.5, 0.6) is 0 Å². The Morgan fingerprint density at radius 1 is 1.21 bits per heavy atom. The number of hydrogen-bond acceptors (Lipinski definition) is 5. The predicted molar refractivity (Wildman–Crippen MR) is 84.1 cm³/mol. The Hall–Kier alpha value is -0.810. The molecular weight excluding hydrogens is 256 g/mol. The number of nitrogens with one attached hydrogen (secondary N) is 1. The summed E-state index contributed by atoms with van der Waals surface area (Å²) in [5.41, 5.74) is 0. The van der Waals surface area contributed by atoms with Crippen molar-refractivity contribution in [3.05, 3.63) is 11.9 Å². The maximum atomic E-state index is 4.48. The topological polar surface area (TPSA) is 41.0 Å². The van der Waals surface area contributed by atoms with E-state index in [0.717, 1.165) is 55.0 Å². The van der Waals surface area contributed by atoms with Crippen molar-refractivity contribution in [1.82, 2.24) is 14.9 Å². The Kier molecular flexibility index (Phi) is 7.82. The number of nitrogens with zero attached hydrogens (tertiary/aromatic N) is 3. The average molecular weight is 282 g/mol. The van der Waals surface area contributed by atoms with Crippen LogP contribution in [0.15, 0.2) is 11.1 Å². The highest BCUT2D eigenvalue weighted by molar-refractivity contribution is 7.99. The smallest absolute Gasteiger partial charge is 0.130 e. The van der Waals surface area contributed by atoms with Crippen LogP contribution in [0.1, 0.15) is 33.0 Å². The third-order valence-corrected chi connectivity index (χ3v) is 3.81. The van der Waals surface area contributed by atoms with E-state index in [2.05, 4.69) is 47.0 Å². The van der Waals surface area contributed by atoms with Gasteiger partial charge in [-0.15, -0.1) is 11.8 Å². The average Bonchev–Trinajstić information content (AvgIpc) is 2.41. The summed E-state index contributed by atoms with van der Waals surface area (Å²) in [6.45, 7) is 12.8. The van der Waals surface area contributed by atoms with Gasteiger partial charge in [-0.3, -0.25) is 0 Å². The molecule has 1 rings (SSSR count). The molecule has 0 aromatic carbocycles. The van der Waals surface area contributed by atoms with Gasteiger partial charge in [0.05, 0.1) is 0 Å². The molecule has 19 heavy (non-hydrogen) atoms. The second-order valence-corrected chi connectivity index (χ2v) is 5.56. The van der Waals surface area contributed by atoms with Crippen LogP contribution in [0.3, 0.4) is 0 Å². The summed E-state index contributed by atoms with van der Waals surface area (Å²) < 4.78 is 0. The number of aromatic nitrogens is 2. The molecule has 0 fully saturated rings. The van der Waals surface area contributed by atoms with Gasteiger partial charge >= 0.3 is 0 Å². The second kappa shape index (κ2) is 9.15. The standard InChI is InChI=1S/C14H26N4S/c1-5-8-15-13-11-14(17-12(4)16-13)19-10-9-18(6-2)7-3/h11H,5-10H2,1-4H3,(H,15,16,17). The van der Waals surface area contributed by atoms with Crippen LogP contribution >= 0.6 is 11.8 Å². The molecule has 1 aromatic rings. The molecule has 0 amide bonds. The van der Waals surface area contributed by atoms with E-state index in [1.165, 1.54) is 0 Å². The summed E-state index contributed by atoms with van der Waals surface area (Å²) in [6, 6.07) is 2.05. The zero-order valence-electron chi connectivity index (χ0n) is 12.6. The van der Waals surface area contributed by atoms with E-state index in [1.54, 1.807) is 0 Å². The lowest BCUT2D eigenvalue weighted by Gasteiger charge is -2.17. The van der Waals surface area contributed by atoms with Gasteiger partial charge in [0.2, 0.25) is 0 Å². The van der Waals surface area contributed by atoms with Crippen molar-refractivity contribution in [1.29, 1.82) is 0 Å². The van der Waals surface area contributed by atoms with Gasteiger partial charge in [-0.25, -0.2) is 9.97 Å². The van der Waals surface area contributed by atoms with Gasteiger partial charge < -0.3 is 10.2 Å². The lowest BCUT2D eigenvalue weighted by molar-refractivity contribution is 0.324. The molecule has 5 heteroatoms. The number of anilines is 1. The number of rotatable bonds is 9. The predicted octanol–water partition coefficient (Wildman–Crippen LogP) is 3.04. The van der Waals surface area contributed by atoms with Crippen molar-refractivity contribution in [3.63, 3.8) is 0 Å². The largest absolute Gasteiger partial charge is 0.370 e. The van der Waals surface area contributed by atoms with E-state index in [0.29, 0.717) is 0 Å². The van der Waals surface area contributed by atoms with E-state index in [9.17, 15) is 0 Å². The van der Waals surface area contributed by atoms with E-state index < -0.39 is 0 Å². The highest BCUT2D eigenvalue weighted by atomic mass is 32.2. The minimum Gasteiger partial charge on any atom is -0.370 e. The summed E-state index contributed by atoms with van der Waals surface area (Å²) in [5, 5.41) is 4.39. The Labute approximate surface area is 121 Å².